The molecule has 2 fully saturated rings. The van der Waals surface area contributed by atoms with Crippen LogP contribution in [-0.4, -0.2) is 106 Å². The molecule has 2 amide bonds. The molecule has 16 nitrogen and oxygen atoms in total. The van der Waals surface area contributed by atoms with Gasteiger partial charge in [-0.05, 0) is 74.9 Å². The number of rotatable bonds is 11. The highest BCUT2D eigenvalue weighted by Gasteiger charge is 2.39. The van der Waals surface area contributed by atoms with Crippen LogP contribution in [0.2, 0.25) is 0 Å². The summed E-state index contributed by atoms with van der Waals surface area (Å²) in [7, 11) is -2.41. The lowest BCUT2D eigenvalue weighted by molar-refractivity contribution is -0.111. The van der Waals surface area contributed by atoms with E-state index in [9.17, 15) is 27.9 Å². The number of aliphatic hydroxyl groups excluding tert-OH is 1. The van der Waals surface area contributed by atoms with Crippen molar-refractivity contribution in [3.63, 3.8) is 0 Å². The van der Waals surface area contributed by atoms with E-state index in [1.807, 2.05) is 17.9 Å². The summed E-state index contributed by atoms with van der Waals surface area (Å²) in [6.45, 7) is 16.9. The molecule has 3 aliphatic heterocycles. The number of nitrogens with zero attached hydrogens (tertiary/aromatic N) is 7. The van der Waals surface area contributed by atoms with E-state index >= 15 is 0 Å². The first-order valence-electron chi connectivity index (χ1n) is 20.4. The number of nitrogens with one attached hydrogen (secondary N) is 2. The van der Waals surface area contributed by atoms with Gasteiger partial charge in [0.2, 0.25) is 5.91 Å². The Morgan fingerprint density at radius 2 is 1.88 bits per heavy atom. The van der Waals surface area contributed by atoms with Crippen LogP contribution in [0.5, 0.6) is 0 Å². The van der Waals surface area contributed by atoms with Gasteiger partial charge < -0.3 is 34.5 Å². The van der Waals surface area contributed by atoms with Crippen LogP contribution in [0, 0.1) is 5.41 Å². The monoisotopic (exact) mass is 839 g/mol. The molecular formula is C43H53N9O7S. The zero-order valence-electron chi connectivity index (χ0n) is 35.0. The molecule has 2 saturated heterocycles. The summed E-state index contributed by atoms with van der Waals surface area (Å²) < 4.78 is 37.3. The summed E-state index contributed by atoms with van der Waals surface area (Å²) in [6, 6.07) is 6.93. The summed E-state index contributed by atoms with van der Waals surface area (Å²) >= 11 is 0. The summed E-state index contributed by atoms with van der Waals surface area (Å²) in [4.78, 5) is 56.0. The van der Waals surface area contributed by atoms with Crippen LogP contribution in [-0.2, 0) is 52.4 Å². The van der Waals surface area contributed by atoms with Crippen LogP contribution in [0.15, 0.2) is 59.0 Å². The van der Waals surface area contributed by atoms with Gasteiger partial charge in [0, 0.05) is 80.7 Å². The van der Waals surface area contributed by atoms with E-state index in [1.165, 1.54) is 28.1 Å². The number of carbonyl (C=O) groups excluding carboxylic acids is 2. The zero-order valence-corrected chi connectivity index (χ0v) is 35.8. The van der Waals surface area contributed by atoms with Crippen LogP contribution >= 0.6 is 0 Å². The Kier molecular flexibility index (Phi) is 10.8. The first-order valence-corrected chi connectivity index (χ1v) is 22.0. The van der Waals surface area contributed by atoms with Crippen molar-refractivity contribution in [3.05, 3.63) is 82.2 Å². The van der Waals surface area contributed by atoms with Gasteiger partial charge in [0.1, 0.15) is 11.5 Å². The van der Waals surface area contributed by atoms with Gasteiger partial charge in [0.05, 0.1) is 53.1 Å². The molecule has 8 rings (SSSR count). The van der Waals surface area contributed by atoms with Crippen molar-refractivity contribution < 1.29 is 27.9 Å². The lowest BCUT2D eigenvalue weighted by Gasteiger charge is -2.47. The fourth-order valence-corrected chi connectivity index (χ4v) is 10.3. The van der Waals surface area contributed by atoms with Gasteiger partial charge in [-0.3, -0.25) is 24.2 Å². The second-order valence-corrected chi connectivity index (χ2v) is 19.8. The number of anilines is 5. The number of fused-ring (bicyclic) bond motifs is 3. The minimum absolute atomic E-state index is 0.00487. The number of hydrogen-bond donors (Lipinski definition) is 3. The molecular weight excluding hydrogens is 787 g/mol. The maximum absolute atomic E-state index is 14.2. The number of sulfone groups is 1. The predicted molar refractivity (Wildman–Crippen MR) is 230 cm³/mol. The van der Waals surface area contributed by atoms with Crippen molar-refractivity contribution in [2.24, 2.45) is 12.5 Å². The number of piperazine rings is 1. The van der Waals surface area contributed by atoms with Gasteiger partial charge in [-0.1, -0.05) is 20.4 Å². The van der Waals surface area contributed by atoms with Gasteiger partial charge >= 0.3 is 0 Å². The molecule has 3 N–H and O–H groups in total. The molecule has 3 aromatic heterocycles. The van der Waals surface area contributed by atoms with Gasteiger partial charge in [-0.15, -0.1) is 0 Å². The Morgan fingerprint density at radius 1 is 1.12 bits per heavy atom. The minimum Gasteiger partial charge on any atom is -0.392 e. The van der Waals surface area contributed by atoms with Crippen molar-refractivity contribution >= 4 is 50.3 Å². The number of hydrogen-bond acceptors (Lipinski definition) is 12. The topological polar surface area (TPSA) is 184 Å². The molecule has 1 atom stereocenters. The van der Waals surface area contributed by atoms with E-state index in [-0.39, 0.29) is 39.5 Å². The first-order chi connectivity index (χ1) is 28.5. The number of aliphatic hydroxyl groups is 1. The number of amides is 2. The number of ether oxygens (including phenoxy) is 1. The van der Waals surface area contributed by atoms with E-state index in [4.69, 9.17) is 9.72 Å². The third-order valence-electron chi connectivity index (χ3n) is 12.2. The van der Waals surface area contributed by atoms with Crippen LogP contribution in [0.3, 0.4) is 0 Å². The Labute approximate surface area is 349 Å². The Bertz CT molecular complexity index is 2580. The summed E-state index contributed by atoms with van der Waals surface area (Å²) in [5, 5.41) is 15.9. The highest BCUT2D eigenvalue weighted by Crippen LogP contribution is 2.42. The molecule has 0 saturated carbocycles. The fraction of sp³-hybridized carbons (Fsp3) is 0.465. The van der Waals surface area contributed by atoms with Gasteiger partial charge in [-0.25, -0.2) is 18.4 Å². The number of aromatic nitrogens is 4. The Balaban J connectivity index is 1.17. The molecule has 4 aliphatic rings. The molecule has 60 heavy (non-hydrogen) atoms. The average Bonchev–Trinajstić information content (AvgIpc) is 3.67. The van der Waals surface area contributed by atoms with Crippen LogP contribution in [0.1, 0.15) is 61.9 Å². The molecule has 318 valence electrons. The number of aryl methyl sites for hydroxylation is 1. The van der Waals surface area contributed by atoms with Gasteiger partial charge in [0.15, 0.2) is 15.7 Å². The highest BCUT2D eigenvalue weighted by molar-refractivity contribution is 7.92. The molecule has 0 bridgehead atoms. The van der Waals surface area contributed by atoms with E-state index in [0.29, 0.717) is 86.0 Å². The van der Waals surface area contributed by atoms with Gasteiger partial charge in [0.25, 0.3) is 11.5 Å². The summed E-state index contributed by atoms with van der Waals surface area (Å²) in [6.07, 6.45) is 5.99. The normalized spacial score (nSPS) is 19.3. The number of benzene rings is 1. The molecule has 6 heterocycles. The van der Waals surface area contributed by atoms with Crippen molar-refractivity contribution in [1.29, 1.82) is 0 Å². The van der Waals surface area contributed by atoms with E-state index in [0.717, 1.165) is 18.9 Å². The SMILES string of the molecule is C=CC(=O)Nc1cc(Nc2nc(-c3ccnc(N4CCn5c(cc6c5CC(C)(C)C6)C4=O)c3CO)cn(C)c2=O)cc(S(=O)(=O)C(C)C)c1N1CCN(C2COC2)CC1C. The molecule has 1 unspecified atom stereocenters. The molecule has 17 heteroatoms. The molecule has 1 aliphatic carbocycles. The smallest absolute Gasteiger partial charge is 0.293 e. The maximum Gasteiger partial charge on any atom is 0.293 e. The van der Waals surface area contributed by atoms with Crippen molar-refractivity contribution in [2.45, 2.75) is 82.8 Å². The fourth-order valence-electron chi connectivity index (χ4n) is 8.99. The van der Waals surface area contributed by atoms with Crippen LogP contribution in [0.25, 0.3) is 11.3 Å². The lowest BCUT2D eigenvalue weighted by atomic mass is 9.90. The van der Waals surface area contributed by atoms with Gasteiger partial charge in [-0.2, -0.15) is 0 Å². The maximum atomic E-state index is 14.2. The van der Waals surface area contributed by atoms with Crippen LogP contribution in [0.4, 0.5) is 28.7 Å². The van der Waals surface area contributed by atoms with Crippen molar-refractivity contribution in [1.82, 2.24) is 24.0 Å². The number of pyridine rings is 1. The second-order valence-electron chi connectivity index (χ2n) is 17.3. The molecule has 0 spiro atoms. The lowest BCUT2D eigenvalue weighted by Crippen LogP contribution is -2.59. The molecule has 4 aromatic rings. The van der Waals surface area contributed by atoms with Crippen molar-refractivity contribution in [3.8, 4) is 11.3 Å². The Hall–Kier alpha value is -5.36. The third kappa shape index (κ3) is 7.30. The molecule has 1 aromatic carbocycles. The van der Waals surface area contributed by atoms with E-state index < -0.39 is 33.2 Å². The Morgan fingerprint density at radius 3 is 2.55 bits per heavy atom. The van der Waals surface area contributed by atoms with Crippen molar-refractivity contribution in [2.75, 3.05) is 59.8 Å². The average molecular weight is 840 g/mol. The number of carbonyl (C=O) groups is 2. The largest absolute Gasteiger partial charge is 0.392 e. The van der Waals surface area contributed by atoms with E-state index in [2.05, 4.69) is 45.5 Å². The van der Waals surface area contributed by atoms with E-state index in [1.54, 1.807) is 44.1 Å². The summed E-state index contributed by atoms with van der Waals surface area (Å²) in [5.74, 6) is -0.569. The highest BCUT2D eigenvalue weighted by atomic mass is 32.2. The summed E-state index contributed by atoms with van der Waals surface area (Å²) in [5.41, 5.74) is 4.53. The quantitative estimate of drug-likeness (QED) is 0.186. The predicted octanol–water partition coefficient (Wildman–Crippen LogP) is 3.88. The minimum atomic E-state index is -3.97. The third-order valence-corrected chi connectivity index (χ3v) is 14.4. The standard InChI is InChI=1S/C43H53N9O7S/c1-8-37(54)46-32-16-28(17-36(60(57,58)25(2)3)38(32)50-12-11-49(20-26(50)4)29-23-59-24-29)45-39-42(56)48(7)21-33(47-39)30-9-10-44-40(31(30)22-53)52-14-13-51-34(41(52)55)15-27-18-43(5,6)19-35(27)51/h8-10,15-17,21,25-26,29,53H,1,11-14,18-20,22-24H2,2-7H3,(H,45,47)(H,46,54). The van der Waals surface area contributed by atoms with Crippen LogP contribution < -0.4 is 26.0 Å². The molecule has 0 radical (unpaired) electrons. The zero-order chi connectivity index (χ0) is 42.8. The second kappa shape index (κ2) is 15.6. The first kappa shape index (κ1) is 41.4.